The number of likely N-dealkylation sites (tertiary alicyclic amines) is 1. The summed E-state index contributed by atoms with van der Waals surface area (Å²) in [6.45, 7) is 8.54. The van der Waals surface area contributed by atoms with Crippen LogP contribution in [-0.4, -0.2) is 53.7 Å². The Bertz CT molecular complexity index is 684. The summed E-state index contributed by atoms with van der Waals surface area (Å²) in [5.41, 5.74) is 0. The van der Waals surface area contributed by atoms with Crippen LogP contribution in [0.3, 0.4) is 0 Å². The second kappa shape index (κ2) is 11.6. The third kappa shape index (κ3) is 6.72. The van der Waals surface area contributed by atoms with E-state index in [4.69, 9.17) is 9.52 Å². The van der Waals surface area contributed by atoms with Crippen LogP contribution >= 0.6 is 35.3 Å². The zero-order valence-electron chi connectivity index (χ0n) is 16.0. The zero-order chi connectivity index (χ0) is 18.2. The molecule has 1 aliphatic rings. The molecule has 3 rings (SSSR count). The van der Waals surface area contributed by atoms with Crippen molar-refractivity contribution < 1.29 is 4.52 Å². The molecular weight excluding hydrogens is 475 g/mol. The number of nitrogens with one attached hydrogen (secondary N) is 2. The van der Waals surface area contributed by atoms with Crippen LogP contribution in [0.1, 0.15) is 42.4 Å². The van der Waals surface area contributed by atoms with Gasteiger partial charge in [-0.15, -0.1) is 35.3 Å². The zero-order valence-corrected chi connectivity index (χ0v) is 19.1. The molecule has 1 saturated heterocycles. The van der Waals surface area contributed by atoms with Gasteiger partial charge in [0, 0.05) is 24.4 Å². The fourth-order valence-electron chi connectivity index (χ4n) is 3.17. The molecule has 0 spiro atoms. The number of thiophene rings is 1. The molecule has 1 atom stereocenters. The number of rotatable bonds is 8. The third-order valence-electron chi connectivity index (χ3n) is 4.42. The number of guanidine groups is 1. The predicted molar refractivity (Wildman–Crippen MR) is 120 cm³/mol. The highest BCUT2D eigenvalue weighted by molar-refractivity contribution is 14.0. The van der Waals surface area contributed by atoms with E-state index in [-0.39, 0.29) is 24.0 Å². The molecule has 150 valence electrons. The molecule has 2 aromatic heterocycles. The summed E-state index contributed by atoms with van der Waals surface area (Å²) >= 11 is 1.82. The maximum absolute atomic E-state index is 5.15. The number of halogens is 1. The molecule has 3 heterocycles. The Hall–Kier alpha value is -1.20. The first-order valence-electron chi connectivity index (χ1n) is 9.35. The van der Waals surface area contributed by atoms with Crippen molar-refractivity contribution in [3.63, 3.8) is 0 Å². The normalized spacial score (nSPS) is 16.1. The molecule has 0 bridgehead atoms. The van der Waals surface area contributed by atoms with E-state index in [1.54, 1.807) is 0 Å². The van der Waals surface area contributed by atoms with Crippen LogP contribution in [0.25, 0.3) is 0 Å². The second-order valence-electron chi connectivity index (χ2n) is 6.41. The Balaban J connectivity index is 0.00000261. The number of hydrogen-bond donors (Lipinski definition) is 2. The van der Waals surface area contributed by atoms with Gasteiger partial charge < -0.3 is 15.2 Å². The molecule has 0 aliphatic carbocycles. The maximum atomic E-state index is 5.15. The van der Waals surface area contributed by atoms with Crippen LogP contribution in [-0.2, 0) is 6.42 Å². The lowest BCUT2D eigenvalue weighted by molar-refractivity contribution is 0.255. The highest BCUT2D eigenvalue weighted by Gasteiger charge is 2.24. The van der Waals surface area contributed by atoms with Gasteiger partial charge in [-0.25, -0.2) is 0 Å². The first-order valence-corrected chi connectivity index (χ1v) is 10.2. The predicted octanol–water partition coefficient (Wildman–Crippen LogP) is 2.99. The fraction of sp³-hybridized carbons (Fsp3) is 0.611. The van der Waals surface area contributed by atoms with E-state index in [9.17, 15) is 0 Å². The molecule has 2 aromatic rings. The Morgan fingerprint density at radius 1 is 1.37 bits per heavy atom. The SMILES string of the molecule is CCNC(=NCC(c1cccs1)N1CCCC1)NCCc1nc(C)no1.I. The Kier molecular flexibility index (Phi) is 9.49. The average molecular weight is 504 g/mol. The molecule has 0 saturated carbocycles. The van der Waals surface area contributed by atoms with E-state index in [0.29, 0.717) is 30.7 Å². The van der Waals surface area contributed by atoms with Crippen molar-refractivity contribution >= 4 is 41.3 Å². The van der Waals surface area contributed by atoms with Crippen molar-refractivity contribution in [1.82, 2.24) is 25.7 Å². The third-order valence-corrected chi connectivity index (χ3v) is 5.39. The van der Waals surface area contributed by atoms with Crippen LogP contribution in [0.15, 0.2) is 27.0 Å². The first kappa shape index (κ1) is 22.1. The lowest BCUT2D eigenvalue weighted by Crippen LogP contribution is -2.39. The van der Waals surface area contributed by atoms with E-state index in [1.807, 2.05) is 18.3 Å². The Morgan fingerprint density at radius 2 is 2.19 bits per heavy atom. The van der Waals surface area contributed by atoms with Gasteiger partial charge in [-0.1, -0.05) is 11.2 Å². The minimum absolute atomic E-state index is 0. The number of hydrogen-bond acceptors (Lipinski definition) is 6. The molecular formula is C18H29IN6OS. The highest BCUT2D eigenvalue weighted by Crippen LogP contribution is 2.28. The molecule has 9 heteroatoms. The summed E-state index contributed by atoms with van der Waals surface area (Å²) in [5, 5.41) is 12.7. The summed E-state index contributed by atoms with van der Waals surface area (Å²) in [6, 6.07) is 4.72. The quantitative estimate of drug-likeness (QED) is 0.327. The van der Waals surface area contributed by atoms with Crippen LogP contribution < -0.4 is 10.6 Å². The van der Waals surface area contributed by atoms with Gasteiger partial charge in [-0.3, -0.25) is 9.89 Å². The lowest BCUT2D eigenvalue weighted by Gasteiger charge is -2.25. The van der Waals surface area contributed by atoms with Gasteiger partial charge in [0.1, 0.15) is 0 Å². The number of nitrogens with zero attached hydrogens (tertiary/aromatic N) is 4. The van der Waals surface area contributed by atoms with Crippen LogP contribution in [0, 0.1) is 6.92 Å². The fourth-order valence-corrected chi connectivity index (χ4v) is 4.02. The standard InChI is InChI=1S/C18H28N6OS.HI/c1-3-19-18(20-9-8-17-22-14(2)23-25-17)21-13-15(16-7-6-12-26-16)24-10-4-5-11-24;/h6-7,12,15H,3-5,8-11,13H2,1-2H3,(H2,19,20,21);1H. The topological polar surface area (TPSA) is 78.6 Å². The number of aryl methyl sites for hydroxylation is 1. The first-order chi connectivity index (χ1) is 12.8. The van der Waals surface area contributed by atoms with Crippen LogP contribution in [0.5, 0.6) is 0 Å². The monoisotopic (exact) mass is 504 g/mol. The molecule has 1 unspecified atom stereocenters. The van der Waals surface area contributed by atoms with E-state index in [1.165, 1.54) is 30.8 Å². The summed E-state index contributed by atoms with van der Waals surface area (Å²) in [4.78, 5) is 13.0. The Morgan fingerprint density at radius 3 is 2.81 bits per heavy atom. The van der Waals surface area contributed by atoms with E-state index >= 15 is 0 Å². The van der Waals surface area contributed by atoms with Gasteiger partial charge in [0.15, 0.2) is 11.8 Å². The highest BCUT2D eigenvalue weighted by atomic mass is 127. The molecule has 0 aromatic carbocycles. The van der Waals surface area contributed by atoms with Crippen molar-refractivity contribution in [3.05, 3.63) is 34.1 Å². The Labute approximate surface area is 182 Å². The molecule has 1 fully saturated rings. The number of aliphatic imine (C=N–C) groups is 1. The van der Waals surface area contributed by atoms with Crippen molar-refractivity contribution in [3.8, 4) is 0 Å². The minimum Gasteiger partial charge on any atom is -0.357 e. The summed E-state index contributed by atoms with van der Waals surface area (Å²) in [7, 11) is 0. The molecule has 0 amide bonds. The minimum atomic E-state index is 0. The van der Waals surface area contributed by atoms with Gasteiger partial charge in [0.25, 0.3) is 0 Å². The van der Waals surface area contributed by atoms with Gasteiger partial charge >= 0.3 is 0 Å². The van der Waals surface area contributed by atoms with Gasteiger partial charge in [0.05, 0.1) is 12.6 Å². The van der Waals surface area contributed by atoms with Gasteiger partial charge in [-0.05, 0) is 51.2 Å². The van der Waals surface area contributed by atoms with Crippen LogP contribution in [0.4, 0.5) is 0 Å². The number of aromatic nitrogens is 2. The molecule has 0 radical (unpaired) electrons. The van der Waals surface area contributed by atoms with Crippen molar-refractivity contribution in [1.29, 1.82) is 0 Å². The van der Waals surface area contributed by atoms with Crippen molar-refractivity contribution in [2.75, 3.05) is 32.7 Å². The molecule has 27 heavy (non-hydrogen) atoms. The van der Waals surface area contributed by atoms with E-state index < -0.39 is 0 Å². The summed E-state index contributed by atoms with van der Waals surface area (Å²) < 4.78 is 5.15. The maximum Gasteiger partial charge on any atom is 0.228 e. The summed E-state index contributed by atoms with van der Waals surface area (Å²) in [6.07, 6.45) is 3.26. The molecule has 2 N–H and O–H groups in total. The van der Waals surface area contributed by atoms with E-state index in [2.05, 4.69) is 50.1 Å². The van der Waals surface area contributed by atoms with Gasteiger partial charge in [-0.2, -0.15) is 4.98 Å². The van der Waals surface area contributed by atoms with Crippen molar-refractivity contribution in [2.45, 2.75) is 39.2 Å². The lowest BCUT2D eigenvalue weighted by atomic mass is 10.2. The summed E-state index contributed by atoms with van der Waals surface area (Å²) in [5.74, 6) is 2.16. The van der Waals surface area contributed by atoms with Crippen LogP contribution in [0.2, 0.25) is 0 Å². The van der Waals surface area contributed by atoms with Gasteiger partial charge in [0.2, 0.25) is 5.89 Å². The average Bonchev–Trinajstić information content (AvgIpc) is 3.38. The molecule has 1 aliphatic heterocycles. The smallest absolute Gasteiger partial charge is 0.228 e. The molecule has 7 nitrogen and oxygen atoms in total. The van der Waals surface area contributed by atoms with Crippen molar-refractivity contribution in [2.24, 2.45) is 4.99 Å². The second-order valence-corrected chi connectivity index (χ2v) is 7.39. The largest absolute Gasteiger partial charge is 0.357 e. The van der Waals surface area contributed by atoms with E-state index in [0.717, 1.165) is 19.0 Å².